The summed E-state index contributed by atoms with van der Waals surface area (Å²) in [5.41, 5.74) is -0.120. The van der Waals surface area contributed by atoms with Gasteiger partial charge in [0.1, 0.15) is 5.69 Å². The quantitative estimate of drug-likeness (QED) is 0.571. The molecule has 0 radical (unpaired) electrons. The number of Topliss-reactive ketones (excluding diaryl/α,β-unsaturated/α-hetero) is 1. The van der Waals surface area contributed by atoms with Crippen LogP contribution in [-0.2, 0) is 9.53 Å². The highest BCUT2D eigenvalue weighted by Gasteiger charge is 2.23. The van der Waals surface area contributed by atoms with Gasteiger partial charge in [0.2, 0.25) is 0 Å². The van der Waals surface area contributed by atoms with Gasteiger partial charge in [0.15, 0.2) is 11.9 Å². The van der Waals surface area contributed by atoms with Crippen LogP contribution in [0.3, 0.4) is 0 Å². The molecule has 0 spiro atoms. The first kappa shape index (κ1) is 18.4. The van der Waals surface area contributed by atoms with E-state index in [-0.39, 0.29) is 11.5 Å². The molecule has 1 heterocycles. The number of aromatic nitrogens is 1. The Balaban J connectivity index is 2.58. The Bertz CT molecular complexity index is 627. The maximum absolute atomic E-state index is 11.9. The number of imide groups is 1. The van der Waals surface area contributed by atoms with Crippen LogP contribution in [-0.4, -0.2) is 40.3 Å². The molecule has 1 aromatic heterocycles. The van der Waals surface area contributed by atoms with Crippen LogP contribution in [0.5, 0.6) is 0 Å². The molecule has 0 aliphatic heterocycles. The normalized spacial score (nSPS) is 12.2. The van der Waals surface area contributed by atoms with Crippen molar-refractivity contribution in [2.24, 2.45) is 0 Å². The first-order valence-corrected chi connectivity index (χ1v) is 7.03. The van der Waals surface area contributed by atoms with Crippen LogP contribution in [0.4, 0.5) is 4.79 Å². The lowest BCUT2D eigenvalue weighted by Gasteiger charge is -2.21. The maximum Gasteiger partial charge on any atom is 0.355 e. The summed E-state index contributed by atoms with van der Waals surface area (Å²) in [4.78, 5) is 49.0. The summed E-state index contributed by atoms with van der Waals surface area (Å²) in [7, 11) is 0. The van der Waals surface area contributed by atoms with Crippen LogP contribution in [0.25, 0.3) is 0 Å². The summed E-state index contributed by atoms with van der Waals surface area (Å²) in [6.45, 7) is 7.99. The van der Waals surface area contributed by atoms with Gasteiger partial charge in [-0.15, -0.1) is 0 Å². The number of rotatable bonds is 4. The molecule has 126 valence electrons. The Morgan fingerprint density at radius 1 is 1.22 bits per heavy atom. The highest BCUT2D eigenvalue weighted by molar-refractivity contribution is 6.00. The highest BCUT2D eigenvalue weighted by atomic mass is 16.5. The Hall–Kier alpha value is -2.64. The predicted octanol–water partition coefficient (Wildman–Crippen LogP) is 1.39. The highest BCUT2D eigenvalue weighted by Crippen LogP contribution is 2.07. The summed E-state index contributed by atoms with van der Waals surface area (Å²) in [5, 5.41) is 4.64. The van der Waals surface area contributed by atoms with Gasteiger partial charge in [-0.2, -0.15) is 0 Å². The third-order valence-electron chi connectivity index (χ3n) is 2.69. The molecule has 3 amide bonds. The number of esters is 1. The second-order valence-electron chi connectivity index (χ2n) is 6.10. The van der Waals surface area contributed by atoms with E-state index in [9.17, 15) is 19.2 Å². The molecule has 0 aliphatic rings. The Morgan fingerprint density at radius 3 is 2.30 bits per heavy atom. The summed E-state index contributed by atoms with van der Waals surface area (Å²) >= 11 is 0. The SMILES string of the molecule is CC(=O)c1c[nH]c(C(=O)O[C@@H](C)C(=O)NC(=O)NC(C)(C)C)c1. The molecule has 8 heteroatoms. The van der Waals surface area contributed by atoms with Crippen LogP contribution in [0, 0.1) is 0 Å². The number of hydrogen-bond donors (Lipinski definition) is 3. The average Bonchev–Trinajstić information content (AvgIpc) is 2.85. The molecule has 1 aromatic rings. The predicted molar refractivity (Wildman–Crippen MR) is 82.1 cm³/mol. The third-order valence-corrected chi connectivity index (χ3v) is 2.69. The van der Waals surface area contributed by atoms with Crippen molar-refractivity contribution < 1.29 is 23.9 Å². The minimum absolute atomic E-state index is 0.0500. The minimum Gasteiger partial charge on any atom is -0.448 e. The van der Waals surface area contributed by atoms with Crippen molar-refractivity contribution in [2.45, 2.75) is 46.3 Å². The van der Waals surface area contributed by atoms with Gasteiger partial charge in [-0.25, -0.2) is 9.59 Å². The van der Waals surface area contributed by atoms with Crippen LogP contribution >= 0.6 is 0 Å². The van der Waals surface area contributed by atoms with Crippen molar-refractivity contribution in [3.8, 4) is 0 Å². The molecule has 1 atom stereocenters. The van der Waals surface area contributed by atoms with E-state index in [4.69, 9.17) is 4.74 Å². The maximum atomic E-state index is 11.9. The first-order valence-electron chi connectivity index (χ1n) is 7.03. The molecule has 0 saturated carbocycles. The first-order chi connectivity index (χ1) is 10.5. The number of hydrogen-bond acceptors (Lipinski definition) is 5. The molecule has 3 N–H and O–H groups in total. The summed E-state index contributed by atoms with van der Waals surface area (Å²) in [6.07, 6.45) is 0.206. The van der Waals surface area contributed by atoms with Gasteiger partial charge in [0.05, 0.1) is 0 Å². The average molecular weight is 323 g/mol. The topological polar surface area (TPSA) is 117 Å². The molecule has 1 rings (SSSR count). The van der Waals surface area contributed by atoms with Crippen LogP contribution in [0.15, 0.2) is 12.3 Å². The van der Waals surface area contributed by atoms with Gasteiger partial charge < -0.3 is 15.0 Å². The Kier molecular flexibility index (Phi) is 5.67. The fourth-order valence-corrected chi connectivity index (χ4v) is 1.58. The number of amides is 3. The molecular weight excluding hydrogens is 302 g/mol. The standard InChI is InChI=1S/C15H21N3O5/c1-8(19)10-6-11(16-7-10)13(21)23-9(2)12(20)17-14(22)18-15(3,4)5/h6-7,9,16H,1-5H3,(H2,17,18,20,22)/t9-/m0/s1. The summed E-state index contributed by atoms with van der Waals surface area (Å²) in [6, 6.07) is 0.658. The smallest absolute Gasteiger partial charge is 0.355 e. The lowest BCUT2D eigenvalue weighted by atomic mass is 10.1. The minimum atomic E-state index is -1.17. The molecule has 0 unspecified atom stereocenters. The summed E-state index contributed by atoms with van der Waals surface area (Å²) < 4.78 is 4.95. The molecule has 0 fully saturated rings. The van der Waals surface area contributed by atoms with E-state index in [2.05, 4.69) is 15.6 Å². The van der Waals surface area contributed by atoms with E-state index in [1.54, 1.807) is 20.8 Å². The second-order valence-corrected chi connectivity index (χ2v) is 6.10. The molecule has 23 heavy (non-hydrogen) atoms. The number of H-pyrrole nitrogens is 1. The summed E-state index contributed by atoms with van der Waals surface area (Å²) in [5.74, 6) is -1.75. The zero-order chi connectivity index (χ0) is 17.8. The van der Waals surface area contributed by atoms with Crippen molar-refractivity contribution in [1.29, 1.82) is 0 Å². The molecule has 8 nitrogen and oxygen atoms in total. The van der Waals surface area contributed by atoms with E-state index >= 15 is 0 Å². The number of carbonyl (C=O) groups excluding carboxylic acids is 4. The number of urea groups is 1. The van der Waals surface area contributed by atoms with Crippen LogP contribution in [0.1, 0.15) is 55.5 Å². The number of nitrogens with one attached hydrogen (secondary N) is 3. The Labute approximate surface area is 134 Å². The Morgan fingerprint density at radius 2 is 1.83 bits per heavy atom. The molecule has 0 bridgehead atoms. The van der Waals surface area contributed by atoms with E-state index in [0.717, 1.165) is 0 Å². The van der Waals surface area contributed by atoms with E-state index in [0.29, 0.717) is 5.56 Å². The number of ketones is 1. The monoisotopic (exact) mass is 323 g/mol. The van der Waals surface area contributed by atoms with Crippen LogP contribution < -0.4 is 10.6 Å². The van der Waals surface area contributed by atoms with Gasteiger partial charge in [0.25, 0.3) is 5.91 Å². The zero-order valence-corrected chi connectivity index (χ0v) is 13.8. The fraction of sp³-hybridized carbons (Fsp3) is 0.467. The van der Waals surface area contributed by atoms with Crippen molar-refractivity contribution in [2.75, 3.05) is 0 Å². The lowest BCUT2D eigenvalue weighted by molar-refractivity contribution is -0.127. The van der Waals surface area contributed by atoms with Crippen molar-refractivity contribution in [1.82, 2.24) is 15.6 Å². The molecule has 0 aromatic carbocycles. The van der Waals surface area contributed by atoms with Gasteiger partial charge in [-0.3, -0.25) is 14.9 Å². The van der Waals surface area contributed by atoms with Gasteiger partial charge >= 0.3 is 12.0 Å². The number of carbonyl (C=O) groups is 4. The van der Waals surface area contributed by atoms with E-state index in [1.807, 2.05) is 0 Å². The van der Waals surface area contributed by atoms with Gasteiger partial charge in [-0.1, -0.05) is 0 Å². The third kappa shape index (κ3) is 5.93. The van der Waals surface area contributed by atoms with Crippen molar-refractivity contribution in [3.63, 3.8) is 0 Å². The van der Waals surface area contributed by atoms with Crippen molar-refractivity contribution >= 4 is 23.7 Å². The lowest BCUT2D eigenvalue weighted by Crippen LogP contribution is -2.50. The molecular formula is C15H21N3O5. The second kappa shape index (κ2) is 7.08. The van der Waals surface area contributed by atoms with E-state index in [1.165, 1.54) is 26.1 Å². The van der Waals surface area contributed by atoms with Crippen molar-refractivity contribution in [3.05, 3.63) is 23.5 Å². The number of ether oxygens (including phenoxy) is 1. The van der Waals surface area contributed by atoms with E-state index < -0.39 is 29.6 Å². The number of aromatic amines is 1. The van der Waals surface area contributed by atoms with Gasteiger partial charge in [0, 0.05) is 17.3 Å². The molecule has 0 saturated heterocycles. The largest absolute Gasteiger partial charge is 0.448 e. The fourth-order valence-electron chi connectivity index (χ4n) is 1.58. The van der Waals surface area contributed by atoms with Crippen LogP contribution in [0.2, 0.25) is 0 Å². The van der Waals surface area contributed by atoms with Gasteiger partial charge in [-0.05, 0) is 40.7 Å². The zero-order valence-electron chi connectivity index (χ0n) is 13.8. The molecule has 0 aliphatic carbocycles.